The minimum atomic E-state index is -1.00. The highest BCUT2D eigenvalue weighted by atomic mass is 16.2. The van der Waals surface area contributed by atoms with E-state index in [4.69, 9.17) is 0 Å². The molecular formula is C12H9N3O3. The van der Waals surface area contributed by atoms with Crippen molar-refractivity contribution in [1.29, 1.82) is 0 Å². The Morgan fingerprint density at radius 2 is 1.61 bits per heavy atom. The van der Waals surface area contributed by atoms with Gasteiger partial charge in [-0.2, -0.15) is 0 Å². The lowest BCUT2D eigenvalue weighted by Crippen LogP contribution is -2.54. The Labute approximate surface area is 101 Å². The van der Waals surface area contributed by atoms with Crippen molar-refractivity contribution in [3.63, 3.8) is 0 Å². The molecule has 0 unspecified atom stereocenters. The number of benzene rings is 1. The number of rotatable bonds is 1. The number of hydrogen-bond acceptors (Lipinski definition) is 3. The van der Waals surface area contributed by atoms with Gasteiger partial charge in [0.1, 0.15) is 5.92 Å². The van der Waals surface area contributed by atoms with Gasteiger partial charge >= 0.3 is 6.03 Å². The summed E-state index contributed by atoms with van der Waals surface area (Å²) in [5.41, 5.74) is 1.40. The van der Waals surface area contributed by atoms with Crippen molar-refractivity contribution >= 4 is 28.7 Å². The molecule has 0 spiro atoms. The van der Waals surface area contributed by atoms with E-state index in [0.29, 0.717) is 5.56 Å². The van der Waals surface area contributed by atoms with Crippen LogP contribution in [0.1, 0.15) is 11.5 Å². The minimum Gasteiger partial charge on any atom is -0.361 e. The van der Waals surface area contributed by atoms with Crippen molar-refractivity contribution in [2.24, 2.45) is 0 Å². The minimum absolute atomic E-state index is 0.563. The Balaban J connectivity index is 2.11. The number of carbonyl (C=O) groups excluding carboxylic acids is 3. The highest BCUT2D eigenvalue weighted by Gasteiger charge is 2.36. The van der Waals surface area contributed by atoms with E-state index >= 15 is 0 Å². The monoisotopic (exact) mass is 243 g/mol. The zero-order valence-electron chi connectivity index (χ0n) is 9.19. The fourth-order valence-electron chi connectivity index (χ4n) is 2.13. The first-order valence-corrected chi connectivity index (χ1v) is 5.38. The van der Waals surface area contributed by atoms with Gasteiger partial charge in [0.2, 0.25) is 11.8 Å². The lowest BCUT2D eigenvalue weighted by atomic mass is 9.95. The lowest BCUT2D eigenvalue weighted by Gasteiger charge is -2.20. The molecule has 1 fully saturated rings. The van der Waals surface area contributed by atoms with Crippen molar-refractivity contribution in [2.75, 3.05) is 0 Å². The Hall–Kier alpha value is -2.63. The molecule has 0 atom stereocenters. The summed E-state index contributed by atoms with van der Waals surface area (Å²) in [7, 11) is 0. The van der Waals surface area contributed by atoms with Crippen LogP contribution in [-0.4, -0.2) is 22.8 Å². The zero-order valence-corrected chi connectivity index (χ0v) is 9.19. The van der Waals surface area contributed by atoms with E-state index in [-0.39, 0.29) is 0 Å². The maximum Gasteiger partial charge on any atom is 0.328 e. The van der Waals surface area contributed by atoms with Crippen LogP contribution in [0.25, 0.3) is 10.9 Å². The number of para-hydroxylation sites is 1. The molecule has 2 aromatic rings. The van der Waals surface area contributed by atoms with Crippen molar-refractivity contribution in [2.45, 2.75) is 5.92 Å². The summed E-state index contributed by atoms with van der Waals surface area (Å²) in [4.78, 5) is 37.5. The summed E-state index contributed by atoms with van der Waals surface area (Å²) >= 11 is 0. The van der Waals surface area contributed by atoms with Gasteiger partial charge in [-0.25, -0.2) is 4.79 Å². The predicted molar refractivity (Wildman–Crippen MR) is 62.7 cm³/mol. The number of H-pyrrole nitrogens is 1. The van der Waals surface area contributed by atoms with Crippen LogP contribution in [0.5, 0.6) is 0 Å². The number of aromatic nitrogens is 1. The molecule has 6 nitrogen and oxygen atoms in total. The molecule has 1 aromatic heterocycles. The van der Waals surface area contributed by atoms with Crippen LogP contribution in [0.4, 0.5) is 4.79 Å². The number of urea groups is 1. The Kier molecular flexibility index (Phi) is 2.16. The molecule has 0 aliphatic carbocycles. The SMILES string of the molecule is O=C1NC(=O)C(c2c[nH]c3ccccc23)C(=O)N1. The van der Waals surface area contributed by atoms with Gasteiger partial charge in [0.15, 0.2) is 0 Å². The highest BCUT2D eigenvalue weighted by Crippen LogP contribution is 2.26. The lowest BCUT2D eigenvalue weighted by molar-refractivity contribution is -0.132. The third-order valence-corrected chi connectivity index (χ3v) is 2.93. The van der Waals surface area contributed by atoms with Gasteiger partial charge in [-0.15, -0.1) is 0 Å². The molecule has 0 bridgehead atoms. The molecule has 90 valence electrons. The quantitative estimate of drug-likeness (QED) is 0.641. The van der Waals surface area contributed by atoms with E-state index in [1.54, 1.807) is 6.20 Å². The third-order valence-electron chi connectivity index (χ3n) is 2.93. The summed E-state index contributed by atoms with van der Waals surface area (Å²) in [6.45, 7) is 0. The molecule has 1 aliphatic rings. The molecule has 3 rings (SSSR count). The largest absolute Gasteiger partial charge is 0.361 e. The van der Waals surface area contributed by atoms with E-state index in [0.717, 1.165) is 10.9 Å². The van der Waals surface area contributed by atoms with Crippen LogP contribution in [-0.2, 0) is 9.59 Å². The first-order valence-electron chi connectivity index (χ1n) is 5.38. The maximum atomic E-state index is 11.8. The van der Waals surface area contributed by atoms with Crippen LogP contribution < -0.4 is 10.6 Å². The second-order valence-corrected chi connectivity index (χ2v) is 4.03. The molecule has 18 heavy (non-hydrogen) atoms. The van der Waals surface area contributed by atoms with E-state index in [1.807, 2.05) is 24.3 Å². The summed E-state index contributed by atoms with van der Waals surface area (Å²) in [5.74, 6) is -2.21. The Bertz CT molecular complexity index is 654. The zero-order chi connectivity index (χ0) is 12.7. The molecule has 4 amide bonds. The Morgan fingerprint density at radius 1 is 0.944 bits per heavy atom. The van der Waals surface area contributed by atoms with E-state index in [2.05, 4.69) is 15.6 Å². The molecule has 2 heterocycles. The van der Waals surface area contributed by atoms with Gasteiger partial charge in [-0.1, -0.05) is 18.2 Å². The van der Waals surface area contributed by atoms with Gasteiger partial charge in [-0.05, 0) is 11.6 Å². The first-order chi connectivity index (χ1) is 8.66. The number of hydrogen-bond donors (Lipinski definition) is 3. The number of fused-ring (bicyclic) bond motifs is 1. The van der Waals surface area contributed by atoms with Crippen LogP contribution in [0.3, 0.4) is 0 Å². The second-order valence-electron chi connectivity index (χ2n) is 4.03. The van der Waals surface area contributed by atoms with E-state index in [9.17, 15) is 14.4 Å². The van der Waals surface area contributed by atoms with Gasteiger partial charge in [0, 0.05) is 17.1 Å². The summed E-state index contributed by atoms with van der Waals surface area (Å²) < 4.78 is 0. The van der Waals surface area contributed by atoms with Crippen molar-refractivity contribution < 1.29 is 14.4 Å². The smallest absolute Gasteiger partial charge is 0.328 e. The fraction of sp³-hybridized carbons (Fsp3) is 0.0833. The first kappa shape index (κ1) is 10.5. The summed E-state index contributed by atoms with van der Waals surface area (Å²) in [6.07, 6.45) is 1.62. The van der Waals surface area contributed by atoms with Gasteiger partial charge in [0.25, 0.3) is 0 Å². The predicted octanol–water partition coefficient (Wildman–Crippen LogP) is 0.617. The average Bonchev–Trinajstić information content (AvgIpc) is 2.72. The second kappa shape index (κ2) is 3.69. The molecule has 1 aliphatic heterocycles. The molecule has 1 saturated heterocycles. The van der Waals surface area contributed by atoms with Crippen LogP contribution in [0, 0.1) is 0 Å². The topological polar surface area (TPSA) is 91.1 Å². The average molecular weight is 243 g/mol. The number of barbiturate groups is 1. The molecule has 0 radical (unpaired) electrons. The van der Waals surface area contributed by atoms with Crippen LogP contribution >= 0.6 is 0 Å². The third kappa shape index (κ3) is 1.46. The number of aromatic amines is 1. The molecule has 3 N–H and O–H groups in total. The van der Waals surface area contributed by atoms with Crippen molar-refractivity contribution in [3.05, 3.63) is 36.0 Å². The Morgan fingerprint density at radius 3 is 2.33 bits per heavy atom. The number of carbonyl (C=O) groups is 3. The normalized spacial score (nSPS) is 16.8. The summed E-state index contributed by atoms with van der Waals surface area (Å²) in [6, 6.07) is 6.57. The van der Waals surface area contributed by atoms with Gasteiger partial charge in [-0.3, -0.25) is 20.2 Å². The van der Waals surface area contributed by atoms with E-state index in [1.165, 1.54) is 0 Å². The highest BCUT2D eigenvalue weighted by molar-refractivity contribution is 6.20. The molecule has 1 aromatic carbocycles. The molecule has 0 saturated carbocycles. The van der Waals surface area contributed by atoms with Gasteiger partial charge < -0.3 is 4.98 Å². The van der Waals surface area contributed by atoms with Crippen LogP contribution in [0.15, 0.2) is 30.5 Å². The van der Waals surface area contributed by atoms with Crippen LogP contribution in [0.2, 0.25) is 0 Å². The maximum absolute atomic E-state index is 11.8. The fourth-order valence-corrected chi connectivity index (χ4v) is 2.13. The molecular weight excluding hydrogens is 234 g/mol. The van der Waals surface area contributed by atoms with E-state index < -0.39 is 23.8 Å². The van der Waals surface area contributed by atoms with Crippen molar-refractivity contribution in [1.82, 2.24) is 15.6 Å². The number of amides is 4. The van der Waals surface area contributed by atoms with Crippen molar-refractivity contribution in [3.8, 4) is 0 Å². The number of nitrogens with one attached hydrogen (secondary N) is 3. The standard InChI is InChI=1S/C12H9N3O3/c16-10-9(11(17)15-12(18)14-10)7-5-13-8-4-2-1-3-6(7)8/h1-5,9,13H,(H2,14,15,16,17,18). The number of imide groups is 2. The summed E-state index contributed by atoms with van der Waals surface area (Å²) in [5, 5.41) is 4.97. The van der Waals surface area contributed by atoms with Gasteiger partial charge in [0.05, 0.1) is 0 Å². The molecule has 6 heteroatoms.